The summed E-state index contributed by atoms with van der Waals surface area (Å²) in [6.45, 7) is -0.243. The molecule has 2 rings (SSSR count). The van der Waals surface area contributed by atoms with Crippen LogP contribution in [0.2, 0.25) is 0 Å². The molecule has 1 heterocycles. The van der Waals surface area contributed by atoms with Crippen LogP contribution in [0.5, 0.6) is 11.5 Å². The first-order valence-corrected chi connectivity index (χ1v) is 8.75. The average Bonchev–Trinajstić information content (AvgIpc) is 3.06. The lowest BCUT2D eigenvalue weighted by Crippen LogP contribution is -2.25. The molecule has 0 atom stereocenters. The van der Waals surface area contributed by atoms with E-state index in [-0.39, 0.29) is 24.5 Å². The minimum atomic E-state index is -5.89. The monoisotopic (exact) mass is 426 g/mol. The number of rotatable bonds is 6. The highest BCUT2D eigenvalue weighted by molar-refractivity contribution is 7.87. The van der Waals surface area contributed by atoms with Crippen LogP contribution in [0.4, 0.5) is 18.9 Å². The lowest BCUT2D eigenvalue weighted by atomic mass is 10.1. The standard InChI is InChI=1S/C14H13F3N2O8S/c1-25-11-5-9(10(19(21)22)6-12(11)26-2)13(20)18-4-3-8(7-18)27-28(23,24)14(15,16)17/h5-7H,3-4H2,1-2H3. The molecule has 0 radical (unpaired) electrons. The number of methoxy groups -OCH3 is 2. The molecule has 154 valence electrons. The van der Waals surface area contributed by atoms with Crippen molar-refractivity contribution in [3.05, 3.63) is 39.8 Å². The highest BCUT2D eigenvalue weighted by atomic mass is 32.2. The van der Waals surface area contributed by atoms with Crippen molar-refractivity contribution in [1.82, 2.24) is 4.90 Å². The number of benzene rings is 1. The topological polar surface area (TPSA) is 125 Å². The van der Waals surface area contributed by atoms with Crippen LogP contribution in [-0.4, -0.2) is 50.4 Å². The number of nitro benzene ring substituents is 1. The van der Waals surface area contributed by atoms with Crippen molar-refractivity contribution in [3.63, 3.8) is 0 Å². The third-order valence-electron chi connectivity index (χ3n) is 3.59. The molecule has 0 aromatic heterocycles. The SMILES string of the molecule is COc1cc(C(=O)N2C=C(OS(=O)(=O)C(F)(F)F)CC2)c([N+](=O)[O-])cc1OC. The van der Waals surface area contributed by atoms with Gasteiger partial charge in [-0.1, -0.05) is 0 Å². The molecule has 0 saturated heterocycles. The van der Waals surface area contributed by atoms with Gasteiger partial charge in [-0.2, -0.15) is 21.6 Å². The second-order valence-corrected chi connectivity index (χ2v) is 6.85. The van der Waals surface area contributed by atoms with Crippen molar-refractivity contribution in [2.45, 2.75) is 11.9 Å². The van der Waals surface area contributed by atoms with Crippen molar-refractivity contribution in [1.29, 1.82) is 0 Å². The van der Waals surface area contributed by atoms with E-state index in [1.54, 1.807) is 0 Å². The Kier molecular flexibility index (Phi) is 5.72. The smallest absolute Gasteiger partial charge is 0.493 e. The van der Waals surface area contributed by atoms with Gasteiger partial charge < -0.3 is 18.6 Å². The molecule has 0 spiro atoms. The third-order valence-corrected chi connectivity index (χ3v) is 4.59. The van der Waals surface area contributed by atoms with Crippen molar-refractivity contribution >= 4 is 21.7 Å². The summed E-state index contributed by atoms with van der Waals surface area (Å²) >= 11 is 0. The van der Waals surface area contributed by atoms with Gasteiger partial charge in [-0.05, 0) is 0 Å². The minimum Gasteiger partial charge on any atom is -0.493 e. The fourth-order valence-corrected chi connectivity index (χ4v) is 2.79. The van der Waals surface area contributed by atoms with Gasteiger partial charge in [0.15, 0.2) is 11.5 Å². The van der Waals surface area contributed by atoms with Crippen LogP contribution in [0, 0.1) is 10.1 Å². The first kappa shape index (κ1) is 21.3. The summed E-state index contributed by atoms with van der Waals surface area (Å²) in [5, 5.41) is 11.3. The van der Waals surface area contributed by atoms with Gasteiger partial charge in [-0.3, -0.25) is 14.9 Å². The van der Waals surface area contributed by atoms with E-state index in [1.807, 2.05) is 0 Å². The lowest BCUT2D eigenvalue weighted by Gasteiger charge is -2.15. The fourth-order valence-electron chi connectivity index (χ4n) is 2.29. The number of carbonyl (C=O) groups is 1. The fraction of sp³-hybridized carbons (Fsp3) is 0.357. The number of nitro groups is 1. The van der Waals surface area contributed by atoms with Gasteiger partial charge in [0, 0.05) is 25.2 Å². The van der Waals surface area contributed by atoms with E-state index in [9.17, 15) is 36.5 Å². The molecule has 14 heteroatoms. The van der Waals surface area contributed by atoms with Gasteiger partial charge in [0.2, 0.25) is 0 Å². The Balaban J connectivity index is 2.37. The van der Waals surface area contributed by atoms with Crippen molar-refractivity contribution in [2.24, 2.45) is 0 Å². The van der Waals surface area contributed by atoms with Crippen LogP contribution in [0.15, 0.2) is 24.1 Å². The Hall–Kier alpha value is -3.03. The molecule has 0 N–H and O–H groups in total. The van der Waals surface area contributed by atoms with Gasteiger partial charge in [0.25, 0.3) is 11.6 Å². The van der Waals surface area contributed by atoms with Gasteiger partial charge in [0.1, 0.15) is 11.3 Å². The number of halogens is 3. The molecule has 28 heavy (non-hydrogen) atoms. The molecule has 1 aromatic rings. The summed E-state index contributed by atoms with van der Waals surface area (Å²) in [7, 11) is -3.42. The second-order valence-electron chi connectivity index (χ2n) is 5.31. The van der Waals surface area contributed by atoms with Crippen molar-refractivity contribution < 1.29 is 45.0 Å². The van der Waals surface area contributed by atoms with E-state index in [0.717, 1.165) is 23.2 Å². The average molecular weight is 426 g/mol. The Bertz CT molecular complexity index is 943. The zero-order valence-corrected chi connectivity index (χ0v) is 15.2. The van der Waals surface area contributed by atoms with E-state index in [2.05, 4.69) is 4.18 Å². The predicted octanol–water partition coefficient (Wildman–Crippen LogP) is 2.17. The number of hydrogen-bond donors (Lipinski definition) is 0. The number of hydrogen-bond acceptors (Lipinski definition) is 8. The Morgan fingerprint density at radius 1 is 1.21 bits per heavy atom. The minimum absolute atomic E-state index is 0.00995. The van der Waals surface area contributed by atoms with Crippen molar-refractivity contribution in [2.75, 3.05) is 20.8 Å². The van der Waals surface area contributed by atoms with E-state index >= 15 is 0 Å². The number of alkyl halides is 3. The Morgan fingerprint density at radius 2 is 1.79 bits per heavy atom. The quantitative estimate of drug-likeness (QED) is 0.293. The highest BCUT2D eigenvalue weighted by Crippen LogP contribution is 2.36. The molecule has 1 aromatic carbocycles. The van der Waals surface area contributed by atoms with Crippen LogP contribution in [0.3, 0.4) is 0 Å². The summed E-state index contributed by atoms with van der Waals surface area (Å²) in [5.41, 5.74) is -6.69. The summed E-state index contributed by atoms with van der Waals surface area (Å²) in [6, 6.07) is 2.00. The largest absolute Gasteiger partial charge is 0.534 e. The van der Waals surface area contributed by atoms with Crippen LogP contribution in [-0.2, 0) is 14.3 Å². The van der Waals surface area contributed by atoms with Crippen LogP contribution in [0.25, 0.3) is 0 Å². The van der Waals surface area contributed by atoms with E-state index in [0.29, 0.717) is 0 Å². The molecular weight excluding hydrogens is 413 g/mol. The van der Waals surface area contributed by atoms with Crippen LogP contribution < -0.4 is 9.47 Å². The molecule has 0 fully saturated rings. The molecule has 1 amide bonds. The van der Waals surface area contributed by atoms with E-state index in [4.69, 9.17) is 9.47 Å². The maximum absolute atomic E-state index is 12.6. The first-order chi connectivity index (χ1) is 12.9. The predicted molar refractivity (Wildman–Crippen MR) is 86.0 cm³/mol. The summed E-state index contributed by atoms with van der Waals surface area (Å²) in [4.78, 5) is 23.8. The van der Waals surface area contributed by atoms with E-state index in [1.165, 1.54) is 14.2 Å². The lowest BCUT2D eigenvalue weighted by molar-refractivity contribution is -0.385. The summed E-state index contributed by atoms with van der Waals surface area (Å²) < 4.78 is 73.1. The summed E-state index contributed by atoms with van der Waals surface area (Å²) in [5.74, 6) is -1.59. The molecule has 1 aliphatic heterocycles. The zero-order chi connectivity index (χ0) is 21.3. The molecule has 0 saturated carbocycles. The third kappa shape index (κ3) is 4.11. The van der Waals surface area contributed by atoms with Crippen LogP contribution >= 0.6 is 0 Å². The van der Waals surface area contributed by atoms with Gasteiger partial charge >= 0.3 is 15.6 Å². The van der Waals surface area contributed by atoms with Crippen LogP contribution in [0.1, 0.15) is 16.8 Å². The number of amides is 1. The number of nitrogens with zero attached hydrogens (tertiary/aromatic N) is 2. The Labute approximate surface area is 156 Å². The normalized spacial score (nSPS) is 14.5. The molecule has 0 bridgehead atoms. The van der Waals surface area contributed by atoms with Gasteiger partial charge in [0.05, 0.1) is 25.2 Å². The number of carbonyl (C=O) groups excluding carboxylic acids is 1. The molecule has 0 unspecified atom stereocenters. The molecule has 10 nitrogen and oxygen atoms in total. The Morgan fingerprint density at radius 3 is 2.29 bits per heavy atom. The number of ether oxygens (including phenoxy) is 2. The second kappa shape index (κ2) is 7.53. The molecule has 0 aliphatic carbocycles. The van der Waals surface area contributed by atoms with Gasteiger partial charge in [-0.15, -0.1) is 0 Å². The van der Waals surface area contributed by atoms with Gasteiger partial charge in [-0.25, -0.2) is 0 Å². The highest BCUT2D eigenvalue weighted by Gasteiger charge is 2.49. The van der Waals surface area contributed by atoms with Crippen molar-refractivity contribution in [3.8, 4) is 11.5 Å². The zero-order valence-electron chi connectivity index (χ0n) is 14.3. The summed E-state index contributed by atoms with van der Waals surface area (Å²) in [6.07, 6.45) is 0.411. The molecule has 1 aliphatic rings. The maximum Gasteiger partial charge on any atom is 0.534 e. The van der Waals surface area contributed by atoms with E-state index < -0.39 is 43.5 Å². The first-order valence-electron chi connectivity index (χ1n) is 7.34. The molecular formula is C14H13F3N2O8S. The maximum atomic E-state index is 12.6.